The molecule has 5 heteroatoms. The van der Waals surface area contributed by atoms with Crippen molar-refractivity contribution in [1.29, 1.82) is 0 Å². The summed E-state index contributed by atoms with van der Waals surface area (Å²) in [5.74, 6) is -0.696. The molecule has 3 nitrogen and oxygen atoms in total. The summed E-state index contributed by atoms with van der Waals surface area (Å²) in [6.07, 6.45) is 2.77. The van der Waals surface area contributed by atoms with Crippen molar-refractivity contribution in [3.05, 3.63) is 41.7 Å². The maximum atomic E-state index is 13.8. The molecule has 0 atom stereocenters. The van der Waals surface area contributed by atoms with Gasteiger partial charge in [-0.1, -0.05) is 6.07 Å². The van der Waals surface area contributed by atoms with Gasteiger partial charge in [-0.3, -0.25) is 4.98 Å². The van der Waals surface area contributed by atoms with Crippen LogP contribution in [0.5, 0.6) is 0 Å². The number of benzene rings is 1. The molecule has 1 heterocycles. The van der Waals surface area contributed by atoms with Gasteiger partial charge in [0.25, 0.3) is 0 Å². The topological polar surface area (TPSA) is 37.8 Å². The molecule has 0 aliphatic carbocycles. The molecule has 0 unspecified atom stereocenters. The fourth-order valence-corrected chi connectivity index (χ4v) is 1.48. The molecule has 17 heavy (non-hydrogen) atoms. The summed E-state index contributed by atoms with van der Waals surface area (Å²) in [5.41, 5.74) is 0.420. The van der Waals surface area contributed by atoms with Crippen molar-refractivity contribution < 1.29 is 8.78 Å². The summed E-state index contributed by atoms with van der Waals surface area (Å²) in [4.78, 5) is 7.96. The first-order valence-electron chi connectivity index (χ1n) is 5.08. The molecule has 88 valence electrons. The van der Waals surface area contributed by atoms with Gasteiger partial charge in [-0.05, 0) is 18.6 Å². The summed E-state index contributed by atoms with van der Waals surface area (Å²) in [6, 6.07) is 2.62. The first kappa shape index (κ1) is 11.4. The maximum Gasteiger partial charge on any atom is 0.144 e. The van der Waals surface area contributed by atoms with Crippen molar-refractivity contribution >= 4 is 5.82 Å². The highest BCUT2D eigenvalue weighted by Gasteiger charge is 2.14. The average Bonchev–Trinajstić information content (AvgIpc) is 2.35. The van der Waals surface area contributed by atoms with Crippen molar-refractivity contribution in [3.63, 3.8) is 0 Å². The molecule has 0 saturated carbocycles. The molecule has 1 aromatic heterocycles. The number of hydrogen-bond acceptors (Lipinski definition) is 3. The van der Waals surface area contributed by atoms with Crippen LogP contribution in [0, 0.1) is 18.6 Å². The Morgan fingerprint density at radius 3 is 2.47 bits per heavy atom. The number of halogens is 2. The van der Waals surface area contributed by atoms with Crippen LogP contribution in [0.2, 0.25) is 0 Å². The third-order valence-electron chi connectivity index (χ3n) is 2.45. The van der Waals surface area contributed by atoms with E-state index < -0.39 is 11.6 Å². The van der Waals surface area contributed by atoms with Crippen LogP contribution in [0.15, 0.2) is 24.5 Å². The van der Waals surface area contributed by atoms with Gasteiger partial charge in [0.1, 0.15) is 17.5 Å². The molecule has 0 spiro atoms. The van der Waals surface area contributed by atoms with E-state index in [1.54, 1.807) is 14.0 Å². The van der Waals surface area contributed by atoms with Crippen LogP contribution in [0.1, 0.15) is 5.56 Å². The van der Waals surface area contributed by atoms with Gasteiger partial charge in [0.15, 0.2) is 0 Å². The Labute approximate surface area is 97.5 Å². The standard InChI is InChI=1S/C12H11F2N3/c1-7-3-4-8(13)11(12(7)14)9-5-17-10(15-2)6-16-9/h3-6H,1-2H3,(H,15,17). The lowest BCUT2D eigenvalue weighted by Crippen LogP contribution is -1.98. The summed E-state index contributed by atoms with van der Waals surface area (Å²) in [6.45, 7) is 1.58. The van der Waals surface area contributed by atoms with Crippen LogP contribution in [-0.4, -0.2) is 17.0 Å². The molecular weight excluding hydrogens is 224 g/mol. The Hall–Kier alpha value is -2.04. The smallest absolute Gasteiger partial charge is 0.144 e. The Kier molecular flexibility index (Phi) is 2.99. The predicted molar refractivity (Wildman–Crippen MR) is 61.7 cm³/mol. The zero-order chi connectivity index (χ0) is 12.4. The highest BCUT2D eigenvalue weighted by Crippen LogP contribution is 2.26. The number of anilines is 1. The van der Waals surface area contributed by atoms with Gasteiger partial charge in [0, 0.05) is 7.05 Å². The predicted octanol–water partition coefficient (Wildman–Crippen LogP) is 2.77. The van der Waals surface area contributed by atoms with E-state index in [2.05, 4.69) is 15.3 Å². The first-order chi connectivity index (χ1) is 8.13. The molecule has 0 bridgehead atoms. The van der Waals surface area contributed by atoms with Gasteiger partial charge >= 0.3 is 0 Å². The van der Waals surface area contributed by atoms with Crippen LogP contribution >= 0.6 is 0 Å². The first-order valence-corrected chi connectivity index (χ1v) is 5.08. The van der Waals surface area contributed by atoms with Crippen molar-refractivity contribution in [2.45, 2.75) is 6.92 Å². The lowest BCUT2D eigenvalue weighted by Gasteiger charge is -2.07. The Balaban J connectivity index is 2.55. The summed E-state index contributed by atoms with van der Waals surface area (Å²) >= 11 is 0. The monoisotopic (exact) mass is 235 g/mol. The molecule has 0 saturated heterocycles. The Morgan fingerprint density at radius 1 is 1.12 bits per heavy atom. The second-order valence-electron chi connectivity index (χ2n) is 3.59. The average molecular weight is 235 g/mol. The molecule has 0 aliphatic rings. The van der Waals surface area contributed by atoms with Gasteiger partial charge < -0.3 is 5.32 Å². The Morgan fingerprint density at radius 2 is 1.88 bits per heavy atom. The quantitative estimate of drug-likeness (QED) is 0.869. The van der Waals surface area contributed by atoms with E-state index in [-0.39, 0.29) is 11.3 Å². The van der Waals surface area contributed by atoms with Gasteiger partial charge in [0.05, 0.1) is 23.7 Å². The molecule has 1 aromatic carbocycles. The summed E-state index contributed by atoms with van der Waals surface area (Å²) in [7, 11) is 1.69. The van der Waals surface area contributed by atoms with Crippen molar-refractivity contribution in [1.82, 2.24) is 9.97 Å². The zero-order valence-corrected chi connectivity index (χ0v) is 9.46. The van der Waals surface area contributed by atoms with Gasteiger partial charge in [-0.15, -0.1) is 0 Å². The number of rotatable bonds is 2. The van der Waals surface area contributed by atoms with Crippen LogP contribution in [0.3, 0.4) is 0 Å². The largest absolute Gasteiger partial charge is 0.372 e. The van der Waals surface area contributed by atoms with E-state index in [1.807, 2.05) is 0 Å². The molecule has 1 N–H and O–H groups in total. The highest BCUT2D eigenvalue weighted by molar-refractivity contribution is 5.61. The van der Waals surface area contributed by atoms with Crippen LogP contribution in [0.25, 0.3) is 11.3 Å². The van der Waals surface area contributed by atoms with E-state index in [1.165, 1.54) is 24.5 Å². The van der Waals surface area contributed by atoms with E-state index in [0.717, 1.165) is 0 Å². The van der Waals surface area contributed by atoms with E-state index in [0.29, 0.717) is 11.4 Å². The van der Waals surface area contributed by atoms with Crippen molar-refractivity contribution in [2.75, 3.05) is 12.4 Å². The lowest BCUT2D eigenvalue weighted by atomic mass is 10.1. The highest BCUT2D eigenvalue weighted by atomic mass is 19.1. The summed E-state index contributed by atoms with van der Waals surface area (Å²) < 4.78 is 27.4. The number of aryl methyl sites for hydroxylation is 1. The minimum Gasteiger partial charge on any atom is -0.372 e. The van der Waals surface area contributed by atoms with Crippen LogP contribution in [0.4, 0.5) is 14.6 Å². The van der Waals surface area contributed by atoms with Crippen molar-refractivity contribution in [3.8, 4) is 11.3 Å². The van der Waals surface area contributed by atoms with Crippen LogP contribution < -0.4 is 5.32 Å². The van der Waals surface area contributed by atoms with Gasteiger partial charge in [0.2, 0.25) is 0 Å². The zero-order valence-electron chi connectivity index (χ0n) is 9.46. The molecular formula is C12H11F2N3. The van der Waals surface area contributed by atoms with Crippen LogP contribution in [-0.2, 0) is 0 Å². The second kappa shape index (κ2) is 4.45. The lowest BCUT2D eigenvalue weighted by molar-refractivity contribution is 0.582. The minimum atomic E-state index is -0.639. The fraction of sp³-hybridized carbons (Fsp3) is 0.167. The number of nitrogens with zero attached hydrogens (tertiary/aromatic N) is 2. The fourth-order valence-electron chi connectivity index (χ4n) is 1.48. The number of nitrogens with one attached hydrogen (secondary N) is 1. The third-order valence-corrected chi connectivity index (χ3v) is 2.45. The maximum absolute atomic E-state index is 13.8. The molecule has 0 radical (unpaired) electrons. The van der Waals surface area contributed by atoms with E-state index in [4.69, 9.17) is 0 Å². The van der Waals surface area contributed by atoms with Crippen molar-refractivity contribution in [2.24, 2.45) is 0 Å². The second-order valence-corrected chi connectivity index (χ2v) is 3.59. The number of hydrogen-bond donors (Lipinski definition) is 1. The summed E-state index contributed by atoms with van der Waals surface area (Å²) in [5, 5.41) is 2.79. The number of aromatic nitrogens is 2. The third kappa shape index (κ3) is 2.08. The molecule has 0 fully saturated rings. The SMILES string of the molecule is CNc1cnc(-c2c(F)ccc(C)c2F)cn1. The van der Waals surface area contributed by atoms with Gasteiger partial charge in [-0.25, -0.2) is 13.8 Å². The molecule has 2 aromatic rings. The molecule has 0 aliphatic heterocycles. The van der Waals surface area contributed by atoms with Gasteiger partial charge in [-0.2, -0.15) is 0 Å². The normalized spacial score (nSPS) is 10.4. The van der Waals surface area contributed by atoms with E-state index >= 15 is 0 Å². The Bertz CT molecular complexity index is 538. The molecule has 2 rings (SSSR count). The molecule has 0 amide bonds. The van der Waals surface area contributed by atoms with E-state index in [9.17, 15) is 8.78 Å². The minimum absolute atomic E-state index is 0.139.